The highest BCUT2D eigenvalue weighted by Crippen LogP contribution is 2.40. The molecule has 5 N–H and O–H groups in total. The summed E-state index contributed by atoms with van der Waals surface area (Å²) in [6.45, 7) is 1.16. The van der Waals surface area contributed by atoms with Gasteiger partial charge in [-0.05, 0) is 19.1 Å². The molecule has 38 heavy (non-hydrogen) atoms. The Balaban J connectivity index is 1.69. The van der Waals surface area contributed by atoms with Gasteiger partial charge in [-0.1, -0.05) is 12.1 Å². The second-order valence-electron chi connectivity index (χ2n) is 8.41. The van der Waals surface area contributed by atoms with Crippen LogP contribution in [0.5, 0.6) is 23.0 Å². The van der Waals surface area contributed by atoms with E-state index in [4.69, 9.17) is 23.4 Å². The molecule has 0 amide bonds. The highest BCUT2D eigenvalue weighted by atomic mass is 16.7. The SMILES string of the molecule is CC=CC(=O)OC[C@H]1O[C@@H](Oc2cccc(O)c2-c2cc(=O)c3c(O)cc(OC)cc3o2)[C@H](O)[C@@H](O)[C@@H]1O. The lowest BCUT2D eigenvalue weighted by atomic mass is 9.99. The van der Waals surface area contributed by atoms with E-state index in [0.717, 1.165) is 12.1 Å². The first-order chi connectivity index (χ1) is 18.1. The zero-order valence-electron chi connectivity index (χ0n) is 20.3. The number of hydrogen-bond acceptors (Lipinski definition) is 12. The number of phenolic OH excluding ortho intramolecular Hbond substituents is 2. The Labute approximate surface area is 215 Å². The van der Waals surface area contributed by atoms with Crippen molar-refractivity contribution < 1.29 is 53.7 Å². The highest BCUT2D eigenvalue weighted by Gasteiger charge is 2.45. The predicted octanol–water partition coefficient (Wildman–Crippen LogP) is 1.19. The number of allylic oxidation sites excluding steroid dienone is 1. The van der Waals surface area contributed by atoms with Crippen molar-refractivity contribution in [3.05, 3.63) is 58.8 Å². The number of aliphatic hydroxyl groups excluding tert-OH is 3. The van der Waals surface area contributed by atoms with Gasteiger partial charge in [-0.25, -0.2) is 4.79 Å². The molecule has 1 saturated heterocycles. The third-order valence-corrected chi connectivity index (χ3v) is 5.87. The van der Waals surface area contributed by atoms with Gasteiger partial charge in [0.1, 0.15) is 76.3 Å². The molecule has 202 valence electrons. The monoisotopic (exact) mass is 530 g/mol. The Kier molecular flexibility index (Phi) is 7.88. The quantitative estimate of drug-likeness (QED) is 0.217. The van der Waals surface area contributed by atoms with Crippen LogP contribution in [0.1, 0.15) is 6.92 Å². The average Bonchev–Trinajstić information content (AvgIpc) is 2.88. The smallest absolute Gasteiger partial charge is 0.330 e. The lowest BCUT2D eigenvalue weighted by Gasteiger charge is -2.40. The van der Waals surface area contributed by atoms with E-state index in [1.807, 2.05) is 0 Å². The van der Waals surface area contributed by atoms with Gasteiger partial charge in [0.15, 0.2) is 5.43 Å². The number of carbonyl (C=O) groups excluding carboxylic acids is 1. The van der Waals surface area contributed by atoms with Gasteiger partial charge in [0.2, 0.25) is 6.29 Å². The summed E-state index contributed by atoms with van der Waals surface area (Å²) in [5.74, 6) is -1.47. The molecule has 2 heterocycles. The third-order valence-electron chi connectivity index (χ3n) is 5.87. The molecule has 1 aliphatic rings. The molecule has 3 aromatic rings. The van der Waals surface area contributed by atoms with Crippen molar-refractivity contribution in [2.45, 2.75) is 37.6 Å². The molecule has 0 unspecified atom stereocenters. The van der Waals surface area contributed by atoms with Gasteiger partial charge < -0.3 is 48.9 Å². The molecule has 5 atom stereocenters. The van der Waals surface area contributed by atoms with Gasteiger partial charge in [0.25, 0.3) is 0 Å². The number of benzene rings is 2. The minimum atomic E-state index is -1.74. The maximum absolute atomic E-state index is 12.8. The summed E-state index contributed by atoms with van der Waals surface area (Å²) in [6.07, 6.45) is -5.32. The first kappa shape index (κ1) is 26.9. The second-order valence-corrected chi connectivity index (χ2v) is 8.41. The summed E-state index contributed by atoms with van der Waals surface area (Å²) in [7, 11) is 1.37. The van der Waals surface area contributed by atoms with E-state index in [1.54, 1.807) is 6.92 Å². The van der Waals surface area contributed by atoms with Gasteiger partial charge in [0.05, 0.1) is 7.11 Å². The number of aromatic hydroxyl groups is 2. The van der Waals surface area contributed by atoms with Crippen LogP contribution in [0.2, 0.25) is 0 Å². The molecular weight excluding hydrogens is 504 g/mol. The molecule has 1 aromatic heterocycles. The fraction of sp³-hybridized carbons (Fsp3) is 0.308. The summed E-state index contributed by atoms with van der Waals surface area (Å²) in [5.41, 5.74) is -0.749. The predicted molar refractivity (Wildman–Crippen MR) is 131 cm³/mol. The Morgan fingerprint density at radius 1 is 1.05 bits per heavy atom. The first-order valence-electron chi connectivity index (χ1n) is 11.5. The van der Waals surface area contributed by atoms with Crippen LogP contribution in [-0.4, -0.2) is 75.9 Å². The molecular formula is C26H26O12. The summed E-state index contributed by atoms with van der Waals surface area (Å²) < 4.78 is 27.2. The van der Waals surface area contributed by atoms with Crippen LogP contribution in [0.4, 0.5) is 0 Å². The largest absolute Gasteiger partial charge is 0.507 e. The standard InChI is InChI=1S/C26H26O12/c1-3-5-20(30)35-11-19-23(31)24(32)25(33)26(38-19)37-16-7-4-6-13(27)22(16)18-10-15(29)21-14(28)8-12(34-2)9-17(21)36-18/h3-10,19,23-28,31-33H,11H2,1-2H3/t19-,23-,24+,25-,26-/m1/s1. The maximum Gasteiger partial charge on any atom is 0.330 e. The molecule has 0 bridgehead atoms. The normalized spacial score (nSPS) is 23.4. The van der Waals surface area contributed by atoms with E-state index in [-0.39, 0.29) is 45.3 Å². The van der Waals surface area contributed by atoms with Crippen molar-refractivity contribution in [1.82, 2.24) is 0 Å². The lowest BCUT2D eigenvalue weighted by molar-refractivity contribution is -0.278. The van der Waals surface area contributed by atoms with E-state index in [2.05, 4.69) is 0 Å². The van der Waals surface area contributed by atoms with E-state index < -0.39 is 48.7 Å². The zero-order valence-corrected chi connectivity index (χ0v) is 20.3. The number of rotatable bonds is 7. The van der Waals surface area contributed by atoms with Crippen LogP contribution in [0.3, 0.4) is 0 Å². The number of carbonyl (C=O) groups is 1. The van der Waals surface area contributed by atoms with Crippen molar-refractivity contribution in [2.24, 2.45) is 0 Å². The second kappa shape index (κ2) is 11.1. The van der Waals surface area contributed by atoms with Gasteiger partial charge in [-0.3, -0.25) is 4.79 Å². The van der Waals surface area contributed by atoms with Crippen LogP contribution in [-0.2, 0) is 14.3 Å². The summed E-state index contributed by atoms with van der Waals surface area (Å²) >= 11 is 0. The number of fused-ring (bicyclic) bond motifs is 1. The van der Waals surface area contributed by atoms with E-state index >= 15 is 0 Å². The summed E-state index contributed by atoms with van der Waals surface area (Å²) in [4.78, 5) is 24.5. The lowest BCUT2D eigenvalue weighted by Crippen LogP contribution is -2.60. The molecule has 12 nitrogen and oxygen atoms in total. The van der Waals surface area contributed by atoms with E-state index in [0.29, 0.717) is 0 Å². The fourth-order valence-electron chi connectivity index (χ4n) is 3.98. The molecule has 0 saturated carbocycles. The minimum absolute atomic E-state index is 0.0333. The number of hydrogen-bond donors (Lipinski definition) is 5. The van der Waals surface area contributed by atoms with Crippen LogP contribution in [0.15, 0.2) is 57.8 Å². The molecule has 12 heteroatoms. The Morgan fingerprint density at radius 2 is 1.82 bits per heavy atom. The molecule has 2 aromatic carbocycles. The van der Waals surface area contributed by atoms with Crippen LogP contribution in [0, 0.1) is 0 Å². The molecule has 0 aliphatic carbocycles. The van der Waals surface area contributed by atoms with Gasteiger partial charge >= 0.3 is 5.97 Å². The summed E-state index contributed by atoms with van der Waals surface area (Å²) in [6, 6.07) is 7.77. The van der Waals surface area contributed by atoms with Crippen LogP contribution < -0.4 is 14.9 Å². The van der Waals surface area contributed by atoms with Gasteiger partial charge in [0, 0.05) is 24.3 Å². The Morgan fingerprint density at radius 3 is 2.53 bits per heavy atom. The first-order valence-corrected chi connectivity index (χ1v) is 11.5. The number of methoxy groups -OCH3 is 1. The van der Waals surface area contributed by atoms with Crippen molar-refractivity contribution in [2.75, 3.05) is 13.7 Å². The van der Waals surface area contributed by atoms with Gasteiger partial charge in [-0.15, -0.1) is 0 Å². The number of esters is 1. The average molecular weight is 530 g/mol. The molecule has 0 radical (unpaired) electrons. The number of ether oxygens (including phenoxy) is 4. The van der Waals surface area contributed by atoms with Gasteiger partial charge in [-0.2, -0.15) is 0 Å². The van der Waals surface area contributed by atoms with E-state index in [1.165, 1.54) is 43.5 Å². The van der Waals surface area contributed by atoms with Crippen molar-refractivity contribution >= 4 is 16.9 Å². The van der Waals surface area contributed by atoms with Crippen molar-refractivity contribution in [3.8, 4) is 34.3 Å². The maximum atomic E-state index is 12.8. The minimum Gasteiger partial charge on any atom is -0.507 e. The fourth-order valence-corrected chi connectivity index (χ4v) is 3.98. The molecule has 0 spiro atoms. The summed E-state index contributed by atoms with van der Waals surface area (Å²) in [5, 5.41) is 51.9. The molecule has 4 rings (SSSR count). The third kappa shape index (κ3) is 5.29. The zero-order chi connectivity index (χ0) is 27.6. The Hall–Kier alpha value is -4.10. The Bertz CT molecular complexity index is 1410. The van der Waals surface area contributed by atoms with Crippen LogP contribution in [0.25, 0.3) is 22.3 Å². The van der Waals surface area contributed by atoms with Crippen LogP contribution >= 0.6 is 0 Å². The number of phenols is 2. The van der Waals surface area contributed by atoms with E-state index in [9.17, 15) is 35.1 Å². The topological polar surface area (TPSA) is 185 Å². The highest BCUT2D eigenvalue weighted by molar-refractivity contribution is 5.87. The molecule has 1 fully saturated rings. The van der Waals surface area contributed by atoms with Crippen molar-refractivity contribution in [3.63, 3.8) is 0 Å². The van der Waals surface area contributed by atoms with Crippen molar-refractivity contribution in [1.29, 1.82) is 0 Å². The molecule has 1 aliphatic heterocycles. The number of aliphatic hydroxyl groups is 3.